The van der Waals surface area contributed by atoms with Gasteiger partial charge in [-0.1, -0.05) is 12.1 Å². The van der Waals surface area contributed by atoms with Crippen LogP contribution in [0.4, 0.5) is 5.69 Å². The molecule has 0 fully saturated rings. The van der Waals surface area contributed by atoms with Gasteiger partial charge in [-0.05, 0) is 19.1 Å². The molecule has 1 aromatic carbocycles. The van der Waals surface area contributed by atoms with Gasteiger partial charge in [-0.15, -0.1) is 11.3 Å². The molecule has 1 amide bonds. The molecule has 0 aliphatic heterocycles. The van der Waals surface area contributed by atoms with Crippen molar-refractivity contribution in [2.24, 2.45) is 0 Å². The number of benzene rings is 1. The molecule has 8 heteroatoms. The van der Waals surface area contributed by atoms with E-state index in [1.165, 1.54) is 24.5 Å². The van der Waals surface area contributed by atoms with Gasteiger partial charge in [-0.25, -0.2) is 9.78 Å². The molecule has 0 aliphatic rings. The molecular weight excluding hydrogens is 352 g/mol. The first kappa shape index (κ1) is 17.8. The van der Waals surface area contributed by atoms with Crippen molar-refractivity contribution in [1.29, 1.82) is 0 Å². The standard InChI is InChI=1S/C18H18N4O3S/c1-3-25-18(24)14-8-19-22(9-14)10-17-21-16(11-26-17)13-4-6-15(7-5-13)20-12(2)23/h4-9,11H,3,10H2,1-2H3,(H,20,23). The van der Waals surface area contributed by atoms with Gasteiger partial charge >= 0.3 is 5.97 Å². The highest BCUT2D eigenvalue weighted by Crippen LogP contribution is 2.24. The SMILES string of the molecule is CCOC(=O)c1cnn(Cc2nc(-c3ccc(NC(C)=O)cc3)cs2)c1. The first-order valence-electron chi connectivity index (χ1n) is 8.07. The number of hydrogen-bond donors (Lipinski definition) is 1. The molecule has 0 aliphatic carbocycles. The number of aromatic nitrogens is 3. The Kier molecular flexibility index (Phi) is 5.43. The van der Waals surface area contributed by atoms with Gasteiger partial charge in [-0.2, -0.15) is 5.10 Å². The molecule has 2 aromatic heterocycles. The zero-order valence-corrected chi connectivity index (χ0v) is 15.2. The van der Waals surface area contributed by atoms with Crippen LogP contribution in [-0.4, -0.2) is 33.2 Å². The number of amides is 1. The Bertz CT molecular complexity index is 915. The fourth-order valence-electron chi connectivity index (χ4n) is 2.35. The summed E-state index contributed by atoms with van der Waals surface area (Å²) < 4.78 is 6.62. The highest BCUT2D eigenvalue weighted by molar-refractivity contribution is 7.09. The van der Waals surface area contributed by atoms with Crippen LogP contribution in [0.25, 0.3) is 11.3 Å². The Labute approximate surface area is 154 Å². The summed E-state index contributed by atoms with van der Waals surface area (Å²) in [4.78, 5) is 27.4. The molecule has 0 bridgehead atoms. The Balaban J connectivity index is 1.68. The molecule has 3 aromatic rings. The fourth-order valence-corrected chi connectivity index (χ4v) is 3.15. The molecule has 3 rings (SSSR count). The van der Waals surface area contributed by atoms with Crippen molar-refractivity contribution >= 4 is 28.9 Å². The number of thiazole rings is 1. The second-order valence-corrected chi connectivity index (χ2v) is 6.47. The monoisotopic (exact) mass is 370 g/mol. The Morgan fingerprint density at radius 1 is 1.27 bits per heavy atom. The lowest BCUT2D eigenvalue weighted by atomic mass is 10.1. The summed E-state index contributed by atoms with van der Waals surface area (Å²) >= 11 is 1.52. The minimum atomic E-state index is -0.377. The van der Waals surface area contributed by atoms with E-state index in [2.05, 4.69) is 15.4 Å². The van der Waals surface area contributed by atoms with Gasteiger partial charge in [0.1, 0.15) is 5.01 Å². The van der Waals surface area contributed by atoms with Gasteiger partial charge in [0, 0.05) is 29.8 Å². The van der Waals surface area contributed by atoms with Gasteiger partial charge in [-0.3, -0.25) is 9.48 Å². The minimum absolute atomic E-state index is 0.102. The highest BCUT2D eigenvalue weighted by Gasteiger charge is 2.11. The van der Waals surface area contributed by atoms with Crippen LogP contribution < -0.4 is 5.32 Å². The Morgan fingerprint density at radius 2 is 2.04 bits per heavy atom. The Hall–Kier alpha value is -3.00. The number of rotatable bonds is 6. The summed E-state index contributed by atoms with van der Waals surface area (Å²) in [6.45, 7) is 4.06. The minimum Gasteiger partial charge on any atom is -0.462 e. The number of carbonyl (C=O) groups is 2. The van der Waals surface area contributed by atoms with Gasteiger partial charge < -0.3 is 10.1 Å². The van der Waals surface area contributed by atoms with E-state index in [1.54, 1.807) is 17.8 Å². The van der Waals surface area contributed by atoms with E-state index in [1.807, 2.05) is 29.6 Å². The second kappa shape index (κ2) is 7.92. The number of esters is 1. The number of hydrogen-bond acceptors (Lipinski definition) is 6. The first-order chi connectivity index (χ1) is 12.5. The third-order valence-electron chi connectivity index (χ3n) is 3.49. The highest BCUT2D eigenvalue weighted by atomic mass is 32.1. The average Bonchev–Trinajstić information content (AvgIpc) is 3.25. The van der Waals surface area contributed by atoms with E-state index < -0.39 is 0 Å². The third kappa shape index (κ3) is 4.34. The predicted molar refractivity (Wildman–Crippen MR) is 99.1 cm³/mol. The normalized spacial score (nSPS) is 10.5. The maximum Gasteiger partial charge on any atom is 0.341 e. The molecular formula is C18H18N4O3S. The van der Waals surface area contributed by atoms with Gasteiger partial charge in [0.25, 0.3) is 0 Å². The summed E-state index contributed by atoms with van der Waals surface area (Å²) in [5, 5.41) is 9.76. The summed E-state index contributed by atoms with van der Waals surface area (Å²) in [6.07, 6.45) is 3.15. The molecule has 26 heavy (non-hydrogen) atoms. The lowest BCUT2D eigenvalue weighted by Gasteiger charge is -2.02. The van der Waals surface area contributed by atoms with E-state index >= 15 is 0 Å². The first-order valence-corrected chi connectivity index (χ1v) is 8.95. The zero-order chi connectivity index (χ0) is 18.5. The van der Waals surface area contributed by atoms with Gasteiger partial charge in [0.2, 0.25) is 5.91 Å². The van der Waals surface area contributed by atoms with Crippen LogP contribution in [-0.2, 0) is 16.1 Å². The quantitative estimate of drug-likeness (QED) is 0.674. The van der Waals surface area contributed by atoms with Gasteiger partial charge in [0.15, 0.2) is 0 Å². The van der Waals surface area contributed by atoms with Crippen molar-refractivity contribution in [1.82, 2.24) is 14.8 Å². The van der Waals surface area contributed by atoms with Gasteiger partial charge in [0.05, 0.1) is 30.6 Å². The van der Waals surface area contributed by atoms with E-state index in [4.69, 9.17) is 4.74 Å². The lowest BCUT2D eigenvalue weighted by Crippen LogP contribution is -2.05. The van der Waals surface area contributed by atoms with Crippen LogP contribution in [0.3, 0.4) is 0 Å². The number of nitrogens with zero attached hydrogens (tertiary/aromatic N) is 3. The van der Waals surface area contributed by atoms with Crippen LogP contribution in [0.1, 0.15) is 29.2 Å². The van der Waals surface area contributed by atoms with Crippen molar-refractivity contribution in [3.63, 3.8) is 0 Å². The molecule has 1 N–H and O–H groups in total. The average molecular weight is 370 g/mol. The van der Waals surface area contributed by atoms with E-state index in [0.717, 1.165) is 22.0 Å². The van der Waals surface area contributed by atoms with Crippen LogP contribution in [0.5, 0.6) is 0 Å². The number of anilines is 1. The van der Waals surface area contributed by atoms with E-state index in [0.29, 0.717) is 18.7 Å². The smallest absolute Gasteiger partial charge is 0.341 e. The van der Waals surface area contributed by atoms with Crippen molar-refractivity contribution in [2.75, 3.05) is 11.9 Å². The van der Waals surface area contributed by atoms with E-state index in [-0.39, 0.29) is 11.9 Å². The van der Waals surface area contributed by atoms with Crippen LogP contribution in [0.2, 0.25) is 0 Å². The second-order valence-electron chi connectivity index (χ2n) is 5.53. The Morgan fingerprint density at radius 3 is 2.73 bits per heavy atom. The number of carbonyl (C=O) groups excluding carboxylic acids is 2. The molecule has 0 saturated carbocycles. The zero-order valence-electron chi connectivity index (χ0n) is 14.4. The maximum absolute atomic E-state index is 11.7. The molecule has 134 valence electrons. The third-order valence-corrected chi connectivity index (χ3v) is 4.33. The summed E-state index contributed by atoms with van der Waals surface area (Å²) in [5.41, 5.74) is 3.00. The molecule has 0 unspecified atom stereocenters. The summed E-state index contributed by atoms with van der Waals surface area (Å²) in [5.74, 6) is -0.479. The lowest BCUT2D eigenvalue weighted by molar-refractivity contribution is -0.114. The fraction of sp³-hybridized carbons (Fsp3) is 0.222. The number of ether oxygens (including phenoxy) is 1. The van der Waals surface area contributed by atoms with Crippen LogP contribution in [0, 0.1) is 0 Å². The van der Waals surface area contributed by atoms with Crippen molar-refractivity contribution in [2.45, 2.75) is 20.4 Å². The van der Waals surface area contributed by atoms with Crippen LogP contribution in [0.15, 0.2) is 42.0 Å². The topological polar surface area (TPSA) is 86.1 Å². The summed E-state index contributed by atoms with van der Waals surface area (Å²) in [7, 11) is 0. The van der Waals surface area contributed by atoms with Crippen molar-refractivity contribution in [3.05, 3.63) is 52.6 Å². The largest absolute Gasteiger partial charge is 0.462 e. The maximum atomic E-state index is 11.7. The van der Waals surface area contributed by atoms with Crippen molar-refractivity contribution in [3.8, 4) is 11.3 Å². The molecule has 0 spiro atoms. The van der Waals surface area contributed by atoms with E-state index in [9.17, 15) is 9.59 Å². The predicted octanol–water partition coefficient (Wildman–Crippen LogP) is 3.19. The molecule has 0 saturated heterocycles. The van der Waals surface area contributed by atoms with Crippen LogP contribution >= 0.6 is 11.3 Å². The molecule has 2 heterocycles. The molecule has 0 atom stereocenters. The molecule has 7 nitrogen and oxygen atoms in total. The summed E-state index contributed by atoms with van der Waals surface area (Å²) in [6, 6.07) is 7.51. The number of nitrogens with one attached hydrogen (secondary N) is 1. The molecule has 0 radical (unpaired) electrons. The van der Waals surface area contributed by atoms with Crippen molar-refractivity contribution < 1.29 is 14.3 Å².